The normalized spacial score (nSPS) is 17.0. The zero-order valence-corrected chi connectivity index (χ0v) is 19.9. The Morgan fingerprint density at radius 3 is 2.58 bits per heavy atom. The zero-order chi connectivity index (χ0) is 18.1. The maximum atomic E-state index is 4.70. The van der Waals surface area contributed by atoms with Crippen LogP contribution in [-0.4, -0.2) is 48.6 Å². The molecule has 2 rings (SSSR count). The Balaban J connectivity index is 0.00000338. The van der Waals surface area contributed by atoms with Crippen molar-refractivity contribution in [3.63, 3.8) is 0 Å². The molecule has 1 aromatic rings. The van der Waals surface area contributed by atoms with Gasteiger partial charge in [-0.05, 0) is 44.7 Å². The Kier molecular flexibility index (Phi) is 11.7. The Morgan fingerprint density at radius 1 is 1.23 bits per heavy atom. The second kappa shape index (κ2) is 12.9. The molecule has 1 aliphatic heterocycles. The summed E-state index contributed by atoms with van der Waals surface area (Å²) in [6.45, 7) is 15.0. The summed E-state index contributed by atoms with van der Waals surface area (Å²) in [5.41, 5.74) is 1.17. The van der Waals surface area contributed by atoms with Crippen LogP contribution in [0.4, 0.5) is 0 Å². The predicted molar refractivity (Wildman–Crippen MR) is 124 cm³/mol. The fourth-order valence-corrected chi connectivity index (χ4v) is 3.95. The number of likely N-dealkylation sites (tertiary alicyclic amines) is 1. The van der Waals surface area contributed by atoms with E-state index in [-0.39, 0.29) is 24.0 Å². The molecule has 0 saturated carbocycles. The number of aliphatic imine (C=N–C) groups is 1. The molecule has 1 saturated heterocycles. The van der Waals surface area contributed by atoms with Crippen molar-refractivity contribution >= 4 is 41.3 Å². The fraction of sp³-hybridized carbons (Fsp3) is 0.789. The molecule has 0 radical (unpaired) electrons. The van der Waals surface area contributed by atoms with Crippen LogP contribution < -0.4 is 10.6 Å². The first-order valence-electron chi connectivity index (χ1n) is 9.77. The van der Waals surface area contributed by atoms with E-state index >= 15 is 0 Å². The Hall–Kier alpha value is -0.410. The van der Waals surface area contributed by atoms with Crippen LogP contribution in [0.15, 0.2) is 10.4 Å². The summed E-state index contributed by atoms with van der Waals surface area (Å²) in [5, 5.41) is 10.1. The van der Waals surface area contributed by atoms with Gasteiger partial charge >= 0.3 is 0 Å². The number of guanidine groups is 1. The minimum absolute atomic E-state index is 0. The lowest BCUT2D eigenvalue weighted by Gasteiger charge is -2.29. The van der Waals surface area contributed by atoms with E-state index < -0.39 is 0 Å². The van der Waals surface area contributed by atoms with Gasteiger partial charge < -0.3 is 15.5 Å². The van der Waals surface area contributed by atoms with E-state index in [0.29, 0.717) is 18.4 Å². The maximum Gasteiger partial charge on any atom is 0.191 e. The molecular weight excluding hydrogens is 457 g/mol. The molecule has 0 amide bonds. The van der Waals surface area contributed by atoms with Gasteiger partial charge in [0.05, 0.1) is 12.2 Å². The zero-order valence-electron chi connectivity index (χ0n) is 16.8. The topological polar surface area (TPSA) is 52.6 Å². The standard InChI is InChI=1S/C19H35N5S.HI/c1-5-20-19(22-12-18-23-17(14-25-18)15(2)3)21-11-16(4)13-24-9-7-6-8-10-24;/h14-16H,5-13H2,1-4H3,(H2,20,21,22);1H. The van der Waals surface area contributed by atoms with Crippen LogP contribution in [0.1, 0.15) is 63.6 Å². The Labute approximate surface area is 180 Å². The molecule has 1 aromatic heterocycles. The number of hydrogen-bond acceptors (Lipinski definition) is 4. The highest BCUT2D eigenvalue weighted by Gasteiger charge is 2.13. The minimum atomic E-state index is 0. The van der Waals surface area contributed by atoms with Gasteiger partial charge in [0.1, 0.15) is 5.01 Å². The molecule has 0 aromatic carbocycles. The van der Waals surface area contributed by atoms with Crippen LogP contribution in [0.5, 0.6) is 0 Å². The minimum Gasteiger partial charge on any atom is -0.357 e. The van der Waals surface area contributed by atoms with Crippen LogP contribution >= 0.6 is 35.3 Å². The molecule has 0 aliphatic carbocycles. The Bertz CT molecular complexity index is 526. The van der Waals surface area contributed by atoms with E-state index in [1.165, 1.54) is 44.6 Å². The van der Waals surface area contributed by atoms with E-state index in [1.807, 2.05) is 0 Å². The molecular formula is C19H36IN5S. The van der Waals surface area contributed by atoms with Crippen molar-refractivity contribution in [2.75, 3.05) is 32.7 Å². The second-order valence-corrected chi connectivity index (χ2v) is 8.31. The van der Waals surface area contributed by atoms with Gasteiger partial charge in [0.15, 0.2) is 5.96 Å². The van der Waals surface area contributed by atoms with E-state index in [4.69, 9.17) is 4.99 Å². The van der Waals surface area contributed by atoms with E-state index in [9.17, 15) is 0 Å². The van der Waals surface area contributed by atoms with Crippen molar-refractivity contribution in [1.29, 1.82) is 0 Å². The predicted octanol–water partition coefficient (Wildman–Crippen LogP) is 4.06. The third kappa shape index (κ3) is 8.52. The van der Waals surface area contributed by atoms with Gasteiger partial charge in [0.25, 0.3) is 0 Å². The van der Waals surface area contributed by atoms with E-state index in [2.05, 4.69) is 53.6 Å². The molecule has 150 valence electrons. The molecule has 1 aliphatic rings. The van der Waals surface area contributed by atoms with Gasteiger partial charge in [-0.1, -0.05) is 27.2 Å². The van der Waals surface area contributed by atoms with Crippen LogP contribution in [0.2, 0.25) is 0 Å². The molecule has 26 heavy (non-hydrogen) atoms. The molecule has 1 unspecified atom stereocenters. The van der Waals surface area contributed by atoms with Crippen LogP contribution in [0.25, 0.3) is 0 Å². The number of nitrogens with one attached hydrogen (secondary N) is 2. The van der Waals surface area contributed by atoms with Gasteiger partial charge in [0, 0.05) is 25.0 Å². The molecule has 0 bridgehead atoms. The first-order valence-corrected chi connectivity index (χ1v) is 10.6. The summed E-state index contributed by atoms with van der Waals surface area (Å²) >= 11 is 1.71. The fourth-order valence-electron chi connectivity index (χ4n) is 3.07. The highest BCUT2D eigenvalue weighted by molar-refractivity contribution is 14.0. The summed E-state index contributed by atoms with van der Waals surface area (Å²) in [5.74, 6) is 2.00. The number of nitrogens with zero attached hydrogens (tertiary/aromatic N) is 3. The lowest BCUT2D eigenvalue weighted by molar-refractivity contribution is 0.201. The molecule has 1 fully saturated rings. The molecule has 7 heteroatoms. The SMILES string of the molecule is CCNC(=NCc1nc(C(C)C)cs1)NCC(C)CN1CCCCC1.I. The monoisotopic (exact) mass is 493 g/mol. The smallest absolute Gasteiger partial charge is 0.191 e. The quantitative estimate of drug-likeness (QED) is 0.326. The van der Waals surface area contributed by atoms with Crippen molar-refractivity contribution in [1.82, 2.24) is 20.5 Å². The van der Waals surface area contributed by atoms with E-state index in [1.54, 1.807) is 11.3 Å². The lowest BCUT2D eigenvalue weighted by Crippen LogP contribution is -2.42. The Morgan fingerprint density at radius 2 is 1.96 bits per heavy atom. The summed E-state index contributed by atoms with van der Waals surface area (Å²) in [7, 11) is 0. The van der Waals surface area contributed by atoms with Crippen LogP contribution in [-0.2, 0) is 6.54 Å². The summed E-state index contributed by atoms with van der Waals surface area (Å²) < 4.78 is 0. The second-order valence-electron chi connectivity index (χ2n) is 7.36. The van der Waals surface area contributed by atoms with Crippen molar-refractivity contribution in [3.05, 3.63) is 16.1 Å². The number of thiazole rings is 1. The average Bonchev–Trinajstić information content (AvgIpc) is 3.07. The number of rotatable bonds is 8. The largest absolute Gasteiger partial charge is 0.357 e. The average molecular weight is 494 g/mol. The van der Waals surface area contributed by atoms with E-state index in [0.717, 1.165) is 24.1 Å². The highest BCUT2D eigenvalue weighted by atomic mass is 127. The third-order valence-corrected chi connectivity index (χ3v) is 5.37. The van der Waals surface area contributed by atoms with Crippen LogP contribution in [0, 0.1) is 5.92 Å². The van der Waals surface area contributed by atoms with Crippen LogP contribution in [0.3, 0.4) is 0 Å². The van der Waals surface area contributed by atoms with Gasteiger partial charge in [0.2, 0.25) is 0 Å². The van der Waals surface area contributed by atoms with Gasteiger partial charge in [-0.25, -0.2) is 9.98 Å². The number of piperidine rings is 1. The first-order chi connectivity index (χ1) is 12.1. The molecule has 5 nitrogen and oxygen atoms in total. The maximum absolute atomic E-state index is 4.70. The summed E-state index contributed by atoms with van der Waals surface area (Å²) in [4.78, 5) is 12.0. The number of halogens is 1. The molecule has 2 heterocycles. The summed E-state index contributed by atoms with van der Waals surface area (Å²) in [6, 6.07) is 0. The van der Waals surface area contributed by atoms with Crippen molar-refractivity contribution in [3.8, 4) is 0 Å². The first kappa shape index (κ1) is 23.6. The van der Waals surface area contributed by atoms with Crippen molar-refractivity contribution in [2.45, 2.75) is 59.4 Å². The highest BCUT2D eigenvalue weighted by Crippen LogP contribution is 2.18. The van der Waals surface area contributed by atoms with Crippen molar-refractivity contribution < 1.29 is 0 Å². The number of hydrogen-bond donors (Lipinski definition) is 2. The van der Waals surface area contributed by atoms with Gasteiger partial charge in [-0.15, -0.1) is 35.3 Å². The molecule has 2 N–H and O–H groups in total. The summed E-state index contributed by atoms with van der Waals surface area (Å²) in [6.07, 6.45) is 4.11. The number of aromatic nitrogens is 1. The van der Waals surface area contributed by atoms with Gasteiger partial charge in [-0.3, -0.25) is 0 Å². The van der Waals surface area contributed by atoms with Crippen molar-refractivity contribution in [2.24, 2.45) is 10.9 Å². The van der Waals surface area contributed by atoms with Gasteiger partial charge in [-0.2, -0.15) is 0 Å². The lowest BCUT2D eigenvalue weighted by atomic mass is 10.1. The third-order valence-electron chi connectivity index (χ3n) is 4.51. The molecule has 0 spiro atoms. The molecule has 1 atom stereocenters.